The molecule has 2 aliphatic rings. The summed E-state index contributed by atoms with van der Waals surface area (Å²) in [6.45, 7) is 2.71. The molecule has 0 unspecified atom stereocenters. The van der Waals surface area contributed by atoms with Gasteiger partial charge in [0.05, 0.1) is 5.39 Å². The highest BCUT2D eigenvalue weighted by Crippen LogP contribution is 2.39. The second-order valence-electron chi connectivity index (χ2n) is 7.85. The van der Waals surface area contributed by atoms with Crippen LogP contribution in [0, 0.1) is 0 Å². The van der Waals surface area contributed by atoms with E-state index in [1.165, 1.54) is 29.0 Å². The average Bonchev–Trinajstić information content (AvgIpc) is 3.29. The smallest absolute Gasteiger partial charge is 0.152 e. The summed E-state index contributed by atoms with van der Waals surface area (Å²) in [4.78, 5) is 6.93. The zero-order chi connectivity index (χ0) is 19.8. The lowest BCUT2D eigenvalue weighted by Crippen LogP contribution is -2.30. The number of anilines is 1. The van der Waals surface area contributed by atoms with E-state index in [0.29, 0.717) is 6.04 Å². The van der Waals surface area contributed by atoms with Gasteiger partial charge >= 0.3 is 0 Å². The standard InChI is InChI=1S/C22H26N4O2S/c1-25-10-6-15-3-4-16(13-19(15)25)18-14-26(2)22-21(18)20(5-9-23-22)28-29-24-17-7-11-27-12-8-17/h3-5,9,13-14,17,24H,6-8,10-12H2,1-2H3. The normalized spacial score (nSPS) is 17.1. The van der Waals surface area contributed by atoms with E-state index in [4.69, 9.17) is 8.92 Å². The number of nitrogens with one attached hydrogen (secondary N) is 1. The highest BCUT2D eigenvalue weighted by Gasteiger charge is 2.20. The molecule has 0 atom stereocenters. The number of likely N-dealkylation sites (N-methyl/N-ethyl adjacent to an activating group) is 1. The lowest BCUT2D eigenvalue weighted by Gasteiger charge is -2.22. The number of fused-ring (bicyclic) bond motifs is 2. The van der Waals surface area contributed by atoms with Crippen molar-refractivity contribution in [3.63, 3.8) is 0 Å². The molecule has 4 heterocycles. The fraction of sp³-hybridized carbons (Fsp3) is 0.409. The molecule has 7 heteroatoms. The first-order valence-corrected chi connectivity index (χ1v) is 10.9. The summed E-state index contributed by atoms with van der Waals surface area (Å²) >= 11 is 1.31. The van der Waals surface area contributed by atoms with E-state index in [1.54, 1.807) is 0 Å². The number of hydrogen-bond acceptors (Lipinski definition) is 6. The number of pyridine rings is 1. The Balaban J connectivity index is 1.46. The Bertz CT molecular complexity index is 1030. The van der Waals surface area contributed by atoms with Crippen molar-refractivity contribution < 1.29 is 8.92 Å². The Labute approximate surface area is 175 Å². The number of nitrogens with zero attached hydrogens (tertiary/aromatic N) is 3. The number of aromatic nitrogens is 2. The van der Waals surface area contributed by atoms with Gasteiger partial charge < -0.3 is 18.4 Å². The zero-order valence-electron chi connectivity index (χ0n) is 16.9. The third kappa shape index (κ3) is 3.58. The summed E-state index contributed by atoms with van der Waals surface area (Å²) in [5.74, 6) is 0.837. The topological polar surface area (TPSA) is 51.5 Å². The number of rotatable bonds is 5. The minimum absolute atomic E-state index is 0.425. The molecule has 1 fully saturated rings. The van der Waals surface area contributed by atoms with Crippen LogP contribution in [0.4, 0.5) is 5.69 Å². The number of hydrogen-bond donors (Lipinski definition) is 1. The molecule has 2 aromatic heterocycles. The molecule has 0 radical (unpaired) electrons. The first-order chi connectivity index (χ1) is 14.2. The SMILES string of the molecule is CN1CCc2ccc(-c3cn(C)c4nccc(OSNC5CCOCC5)c34)cc21. The second-order valence-corrected chi connectivity index (χ2v) is 8.42. The Morgan fingerprint density at radius 1 is 1.21 bits per heavy atom. The van der Waals surface area contributed by atoms with Gasteiger partial charge in [-0.1, -0.05) is 12.1 Å². The van der Waals surface area contributed by atoms with Crippen molar-refractivity contribution in [2.24, 2.45) is 7.05 Å². The van der Waals surface area contributed by atoms with E-state index in [1.807, 2.05) is 19.3 Å². The van der Waals surface area contributed by atoms with E-state index >= 15 is 0 Å². The molecule has 0 aliphatic carbocycles. The Morgan fingerprint density at radius 2 is 2.07 bits per heavy atom. The van der Waals surface area contributed by atoms with Gasteiger partial charge in [-0.15, -0.1) is 0 Å². The van der Waals surface area contributed by atoms with Crippen molar-refractivity contribution in [2.45, 2.75) is 25.3 Å². The zero-order valence-corrected chi connectivity index (χ0v) is 17.7. The molecule has 2 aliphatic heterocycles. The highest BCUT2D eigenvalue weighted by molar-refractivity contribution is 7.93. The maximum absolute atomic E-state index is 6.11. The van der Waals surface area contributed by atoms with Crippen LogP contribution in [0.25, 0.3) is 22.2 Å². The van der Waals surface area contributed by atoms with E-state index in [-0.39, 0.29) is 0 Å². The number of aryl methyl sites for hydroxylation is 1. The second kappa shape index (κ2) is 7.89. The van der Waals surface area contributed by atoms with E-state index in [9.17, 15) is 0 Å². The molecule has 0 saturated carbocycles. The van der Waals surface area contributed by atoms with Crippen LogP contribution in [0.3, 0.4) is 0 Å². The molecule has 1 saturated heterocycles. The maximum Gasteiger partial charge on any atom is 0.152 e. The fourth-order valence-corrected chi connectivity index (χ4v) is 4.87. The van der Waals surface area contributed by atoms with Crippen molar-refractivity contribution >= 4 is 28.9 Å². The summed E-state index contributed by atoms with van der Waals surface area (Å²) in [5.41, 5.74) is 6.02. The number of benzene rings is 1. The third-order valence-electron chi connectivity index (χ3n) is 5.91. The average molecular weight is 411 g/mol. The molecule has 5 rings (SSSR count). The predicted molar refractivity (Wildman–Crippen MR) is 118 cm³/mol. The molecular formula is C22H26N4O2S. The van der Waals surface area contributed by atoms with Crippen molar-refractivity contribution in [3.05, 3.63) is 42.2 Å². The predicted octanol–water partition coefficient (Wildman–Crippen LogP) is 3.94. The molecular weight excluding hydrogens is 384 g/mol. The van der Waals surface area contributed by atoms with Crippen molar-refractivity contribution in [3.8, 4) is 16.9 Å². The van der Waals surface area contributed by atoms with Crippen LogP contribution in [0.5, 0.6) is 5.75 Å². The molecule has 29 heavy (non-hydrogen) atoms. The molecule has 0 bridgehead atoms. The van der Waals surface area contributed by atoms with Crippen molar-refractivity contribution in [1.29, 1.82) is 0 Å². The molecule has 1 N–H and O–H groups in total. The monoisotopic (exact) mass is 410 g/mol. The largest absolute Gasteiger partial charge is 0.409 e. The molecule has 6 nitrogen and oxygen atoms in total. The Kier molecular flexibility index (Phi) is 5.11. The van der Waals surface area contributed by atoms with Gasteiger partial charge in [-0.05, 0) is 36.5 Å². The molecule has 0 amide bonds. The van der Waals surface area contributed by atoms with Gasteiger partial charge in [0, 0.05) is 69.6 Å². The van der Waals surface area contributed by atoms with E-state index in [0.717, 1.165) is 61.4 Å². The van der Waals surface area contributed by atoms with Gasteiger partial charge in [0.2, 0.25) is 0 Å². The highest BCUT2D eigenvalue weighted by atomic mass is 32.2. The van der Waals surface area contributed by atoms with Gasteiger partial charge in [0.1, 0.15) is 17.9 Å². The minimum Gasteiger partial charge on any atom is -0.409 e. The van der Waals surface area contributed by atoms with Crippen LogP contribution in [-0.4, -0.2) is 42.4 Å². The molecule has 1 aromatic carbocycles. The van der Waals surface area contributed by atoms with E-state index < -0.39 is 0 Å². The number of ether oxygens (including phenoxy) is 1. The first kappa shape index (κ1) is 18.8. The molecule has 0 spiro atoms. The lowest BCUT2D eigenvalue weighted by molar-refractivity contribution is 0.0835. The third-order valence-corrected chi connectivity index (χ3v) is 6.60. The van der Waals surface area contributed by atoms with Crippen LogP contribution in [0.15, 0.2) is 36.7 Å². The quantitative estimate of drug-likeness (QED) is 0.508. The Hall–Kier alpha value is -2.22. The lowest BCUT2D eigenvalue weighted by atomic mass is 10.0. The fourth-order valence-electron chi connectivity index (χ4n) is 4.22. The summed E-state index contributed by atoms with van der Waals surface area (Å²) in [7, 11) is 4.20. The molecule has 152 valence electrons. The van der Waals surface area contributed by atoms with Crippen LogP contribution < -0.4 is 13.8 Å². The summed E-state index contributed by atoms with van der Waals surface area (Å²) < 4.78 is 17.0. The van der Waals surface area contributed by atoms with E-state index in [2.05, 4.69) is 50.6 Å². The summed E-state index contributed by atoms with van der Waals surface area (Å²) in [5, 5.41) is 1.05. The van der Waals surface area contributed by atoms with Crippen LogP contribution in [-0.2, 0) is 18.2 Å². The molecule has 3 aromatic rings. The van der Waals surface area contributed by atoms with Crippen LogP contribution >= 0.6 is 12.2 Å². The first-order valence-electron chi connectivity index (χ1n) is 10.2. The van der Waals surface area contributed by atoms with Crippen LogP contribution in [0.2, 0.25) is 0 Å². The van der Waals surface area contributed by atoms with Gasteiger partial charge in [0.15, 0.2) is 5.75 Å². The van der Waals surface area contributed by atoms with Crippen LogP contribution in [0.1, 0.15) is 18.4 Å². The van der Waals surface area contributed by atoms with Crippen molar-refractivity contribution in [1.82, 2.24) is 14.3 Å². The van der Waals surface area contributed by atoms with Gasteiger partial charge in [-0.3, -0.25) is 0 Å². The van der Waals surface area contributed by atoms with Gasteiger partial charge in [0.25, 0.3) is 0 Å². The minimum atomic E-state index is 0.425. The van der Waals surface area contributed by atoms with Crippen molar-refractivity contribution in [2.75, 3.05) is 31.7 Å². The van der Waals surface area contributed by atoms with Gasteiger partial charge in [-0.2, -0.15) is 0 Å². The summed E-state index contributed by atoms with van der Waals surface area (Å²) in [6.07, 6.45) is 7.11. The Morgan fingerprint density at radius 3 is 2.93 bits per heavy atom. The summed E-state index contributed by atoms with van der Waals surface area (Å²) in [6, 6.07) is 9.14. The van der Waals surface area contributed by atoms with Gasteiger partial charge in [-0.25, -0.2) is 9.71 Å². The maximum atomic E-state index is 6.11.